The minimum Gasteiger partial charge on any atom is -0.345 e. The smallest absolute Gasteiger partial charge is 0.317 e. The number of thiazole rings is 1. The Labute approximate surface area is 138 Å². The van der Waals surface area contributed by atoms with Gasteiger partial charge in [0.2, 0.25) is 0 Å². The number of hydrogen-bond donors (Lipinski definition) is 1. The zero-order chi connectivity index (χ0) is 15.5. The van der Waals surface area contributed by atoms with Gasteiger partial charge in [-0.05, 0) is 25.3 Å². The predicted molar refractivity (Wildman–Crippen MR) is 94.3 cm³/mol. The van der Waals surface area contributed by atoms with Crippen molar-refractivity contribution in [3.63, 3.8) is 0 Å². The van der Waals surface area contributed by atoms with E-state index in [1.54, 1.807) is 23.1 Å². The Balaban J connectivity index is 1.72. The van der Waals surface area contributed by atoms with E-state index in [2.05, 4.69) is 34.7 Å². The number of para-hydroxylation sites is 1. The highest BCUT2D eigenvalue weighted by atomic mass is 32.2. The van der Waals surface area contributed by atoms with Gasteiger partial charge in [-0.1, -0.05) is 17.4 Å². The Morgan fingerprint density at radius 1 is 1.36 bits per heavy atom. The van der Waals surface area contributed by atoms with Crippen molar-refractivity contribution >= 4 is 44.5 Å². The molecular weight excluding hydrogens is 316 g/mol. The number of anilines is 1. The number of carbonyl (C=O) groups excluding carboxylic acids is 1. The molecule has 1 saturated heterocycles. The third kappa shape index (κ3) is 3.01. The average Bonchev–Trinajstić information content (AvgIpc) is 2.99. The van der Waals surface area contributed by atoms with Crippen LogP contribution in [-0.4, -0.2) is 54.9 Å². The summed E-state index contributed by atoms with van der Waals surface area (Å²) in [5.41, 5.74) is 1.10. The van der Waals surface area contributed by atoms with Gasteiger partial charge in [0.15, 0.2) is 5.13 Å². The maximum atomic E-state index is 11.8. The first-order chi connectivity index (χ1) is 10.7. The molecule has 0 atom stereocenters. The van der Waals surface area contributed by atoms with Crippen LogP contribution in [0.3, 0.4) is 0 Å². The van der Waals surface area contributed by atoms with Gasteiger partial charge in [-0.3, -0.25) is 0 Å². The third-order valence-corrected chi connectivity index (χ3v) is 5.61. The number of benzene rings is 1. The standard InChI is InChI=1S/C15H20N4OS2/c1-3-16-14(20)18-7-9-19(10-8-18)15-17-13-11(21-2)5-4-6-12(13)22-15/h4-6H,3,7-10H2,1-2H3,(H,16,20). The van der Waals surface area contributed by atoms with Crippen molar-refractivity contribution < 1.29 is 4.79 Å². The summed E-state index contributed by atoms with van der Waals surface area (Å²) in [7, 11) is 0. The van der Waals surface area contributed by atoms with Crippen LogP contribution in [0.1, 0.15) is 6.92 Å². The van der Waals surface area contributed by atoms with E-state index in [0.29, 0.717) is 6.54 Å². The van der Waals surface area contributed by atoms with Gasteiger partial charge in [0.25, 0.3) is 0 Å². The number of thioether (sulfide) groups is 1. The van der Waals surface area contributed by atoms with Crippen molar-refractivity contribution in [3.05, 3.63) is 18.2 Å². The summed E-state index contributed by atoms with van der Waals surface area (Å²) in [5, 5.41) is 3.92. The molecule has 1 aliphatic rings. The summed E-state index contributed by atoms with van der Waals surface area (Å²) in [4.78, 5) is 22.0. The molecule has 1 aromatic heterocycles. The van der Waals surface area contributed by atoms with Gasteiger partial charge in [-0.25, -0.2) is 9.78 Å². The Morgan fingerprint density at radius 2 is 2.14 bits per heavy atom. The zero-order valence-corrected chi connectivity index (χ0v) is 14.5. The molecule has 0 radical (unpaired) electrons. The maximum absolute atomic E-state index is 11.8. The first kappa shape index (κ1) is 15.4. The van der Waals surface area contributed by atoms with Crippen molar-refractivity contribution in [2.24, 2.45) is 0 Å². The summed E-state index contributed by atoms with van der Waals surface area (Å²) < 4.78 is 1.23. The fourth-order valence-corrected chi connectivity index (χ4v) is 4.25. The van der Waals surface area contributed by atoms with E-state index in [-0.39, 0.29) is 6.03 Å². The lowest BCUT2D eigenvalue weighted by atomic mass is 10.3. The van der Waals surface area contributed by atoms with Crippen molar-refractivity contribution in [2.45, 2.75) is 11.8 Å². The summed E-state index contributed by atoms with van der Waals surface area (Å²) in [5.74, 6) is 0. The number of aromatic nitrogens is 1. The topological polar surface area (TPSA) is 48.5 Å². The number of hydrogen-bond acceptors (Lipinski definition) is 5. The number of carbonyl (C=O) groups is 1. The van der Waals surface area contributed by atoms with Crippen LogP contribution in [0.15, 0.2) is 23.1 Å². The molecule has 2 amide bonds. The number of piperazine rings is 1. The molecule has 2 heterocycles. The van der Waals surface area contributed by atoms with Crippen LogP contribution < -0.4 is 10.2 Å². The number of fused-ring (bicyclic) bond motifs is 1. The van der Waals surface area contributed by atoms with Gasteiger partial charge in [-0.2, -0.15) is 0 Å². The molecule has 0 saturated carbocycles. The molecule has 1 aliphatic heterocycles. The Hall–Kier alpha value is -1.47. The summed E-state index contributed by atoms with van der Waals surface area (Å²) in [6.07, 6.45) is 2.08. The molecule has 2 aromatic rings. The van der Waals surface area contributed by atoms with Gasteiger partial charge in [0, 0.05) is 37.6 Å². The first-order valence-corrected chi connectivity index (χ1v) is 9.48. The van der Waals surface area contributed by atoms with E-state index in [9.17, 15) is 4.79 Å². The van der Waals surface area contributed by atoms with Gasteiger partial charge < -0.3 is 15.1 Å². The molecule has 3 rings (SSSR count). The number of amides is 2. The highest BCUT2D eigenvalue weighted by Gasteiger charge is 2.23. The predicted octanol–water partition coefficient (Wildman–Crippen LogP) is 2.87. The van der Waals surface area contributed by atoms with E-state index in [1.165, 1.54) is 9.60 Å². The van der Waals surface area contributed by atoms with Crippen LogP contribution >= 0.6 is 23.1 Å². The summed E-state index contributed by atoms with van der Waals surface area (Å²) in [6.45, 7) is 5.79. The number of nitrogens with one attached hydrogen (secondary N) is 1. The van der Waals surface area contributed by atoms with Gasteiger partial charge in [0.05, 0.1) is 10.2 Å². The van der Waals surface area contributed by atoms with Crippen LogP contribution in [0.4, 0.5) is 9.93 Å². The van der Waals surface area contributed by atoms with Crippen molar-refractivity contribution in [2.75, 3.05) is 43.9 Å². The fraction of sp³-hybridized carbons (Fsp3) is 0.467. The minimum absolute atomic E-state index is 0.0381. The van der Waals surface area contributed by atoms with Crippen LogP contribution in [0.2, 0.25) is 0 Å². The Morgan fingerprint density at radius 3 is 2.82 bits per heavy atom. The molecule has 0 bridgehead atoms. The molecule has 0 aliphatic carbocycles. The summed E-state index contributed by atoms with van der Waals surface area (Å²) in [6, 6.07) is 6.37. The Kier molecular flexibility index (Phi) is 4.73. The quantitative estimate of drug-likeness (QED) is 0.876. The Bertz CT molecular complexity index is 665. The zero-order valence-electron chi connectivity index (χ0n) is 12.8. The normalized spacial score (nSPS) is 15.4. The van der Waals surface area contributed by atoms with Gasteiger partial charge in [-0.15, -0.1) is 11.8 Å². The number of nitrogens with zero attached hydrogens (tertiary/aromatic N) is 3. The van der Waals surface area contributed by atoms with Crippen molar-refractivity contribution in [1.82, 2.24) is 15.2 Å². The SMILES string of the molecule is CCNC(=O)N1CCN(c2nc3c(SC)cccc3s2)CC1. The van der Waals surface area contributed by atoms with Crippen LogP contribution in [0.25, 0.3) is 10.2 Å². The lowest BCUT2D eigenvalue weighted by molar-refractivity contribution is 0.195. The molecule has 1 N–H and O–H groups in total. The average molecular weight is 336 g/mol. The second-order valence-corrected chi connectivity index (χ2v) is 6.97. The third-order valence-electron chi connectivity index (χ3n) is 3.76. The van der Waals surface area contributed by atoms with Gasteiger partial charge >= 0.3 is 6.03 Å². The van der Waals surface area contributed by atoms with Crippen LogP contribution in [-0.2, 0) is 0 Å². The molecule has 0 spiro atoms. The van der Waals surface area contributed by atoms with Crippen molar-refractivity contribution in [1.29, 1.82) is 0 Å². The van der Waals surface area contributed by atoms with Crippen molar-refractivity contribution in [3.8, 4) is 0 Å². The highest BCUT2D eigenvalue weighted by Crippen LogP contribution is 2.34. The number of rotatable bonds is 3. The van der Waals surface area contributed by atoms with E-state index in [0.717, 1.165) is 36.8 Å². The van der Waals surface area contributed by atoms with Crippen LogP contribution in [0.5, 0.6) is 0 Å². The molecule has 1 aromatic carbocycles. The molecule has 1 fully saturated rings. The van der Waals surface area contributed by atoms with Gasteiger partial charge in [0.1, 0.15) is 0 Å². The van der Waals surface area contributed by atoms with E-state index >= 15 is 0 Å². The molecular formula is C15H20N4OS2. The molecule has 118 valence electrons. The van der Waals surface area contributed by atoms with E-state index in [4.69, 9.17) is 4.98 Å². The second-order valence-electron chi connectivity index (χ2n) is 5.11. The van der Waals surface area contributed by atoms with Crippen LogP contribution in [0, 0.1) is 0 Å². The second kappa shape index (κ2) is 6.75. The fourth-order valence-electron chi connectivity index (χ4n) is 2.58. The molecule has 5 nitrogen and oxygen atoms in total. The van der Waals surface area contributed by atoms with E-state index in [1.807, 2.05) is 11.8 Å². The van der Waals surface area contributed by atoms with E-state index < -0.39 is 0 Å². The largest absolute Gasteiger partial charge is 0.345 e. The molecule has 22 heavy (non-hydrogen) atoms. The highest BCUT2D eigenvalue weighted by molar-refractivity contribution is 7.98. The summed E-state index contributed by atoms with van der Waals surface area (Å²) >= 11 is 3.47. The molecule has 0 unspecified atom stereocenters. The lowest BCUT2D eigenvalue weighted by Crippen LogP contribution is -2.51. The minimum atomic E-state index is 0.0381. The molecule has 7 heteroatoms. The first-order valence-electron chi connectivity index (χ1n) is 7.44. The maximum Gasteiger partial charge on any atom is 0.317 e. The monoisotopic (exact) mass is 336 g/mol. The lowest BCUT2D eigenvalue weighted by Gasteiger charge is -2.34. The number of urea groups is 1.